The van der Waals surface area contributed by atoms with Gasteiger partial charge in [0.2, 0.25) is 0 Å². The number of aromatic nitrogens is 6. The van der Waals surface area contributed by atoms with Gasteiger partial charge in [-0.05, 0) is 41.5 Å². The summed E-state index contributed by atoms with van der Waals surface area (Å²) in [5, 5.41) is 11.1. The van der Waals surface area contributed by atoms with E-state index in [0.717, 1.165) is 18.5 Å². The molecule has 1 fully saturated rings. The highest BCUT2D eigenvalue weighted by Gasteiger charge is 2.27. The van der Waals surface area contributed by atoms with Gasteiger partial charge < -0.3 is 14.4 Å². The van der Waals surface area contributed by atoms with Crippen molar-refractivity contribution in [2.24, 2.45) is 0 Å². The first-order valence-electron chi connectivity index (χ1n) is 8.89. The molecule has 4 rings (SSSR count). The van der Waals surface area contributed by atoms with Gasteiger partial charge >= 0.3 is 0 Å². The van der Waals surface area contributed by atoms with Crippen LogP contribution in [0.25, 0.3) is 5.69 Å². The minimum atomic E-state index is -0.175. The van der Waals surface area contributed by atoms with E-state index in [1.165, 1.54) is 18.1 Å². The SMILES string of the molecule is COc1nccnc1OC1CCCN(C(=O)c2cccc(-n3cnnn3)c2)C1. The van der Waals surface area contributed by atoms with Crippen molar-refractivity contribution in [2.45, 2.75) is 18.9 Å². The van der Waals surface area contributed by atoms with E-state index < -0.39 is 0 Å². The van der Waals surface area contributed by atoms with Gasteiger partial charge in [0.05, 0.1) is 19.3 Å². The topological polar surface area (TPSA) is 108 Å². The minimum absolute atomic E-state index is 0.0608. The number of hydrogen-bond donors (Lipinski definition) is 0. The van der Waals surface area contributed by atoms with Crippen molar-refractivity contribution in [1.29, 1.82) is 0 Å². The molecular weight excluding hydrogens is 362 g/mol. The Balaban J connectivity index is 1.47. The number of carbonyl (C=O) groups excluding carboxylic acids is 1. The van der Waals surface area contributed by atoms with Crippen molar-refractivity contribution in [1.82, 2.24) is 35.1 Å². The lowest BCUT2D eigenvalue weighted by Gasteiger charge is -2.32. The Hall–Kier alpha value is -3.56. The van der Waals surface area contributed by atoms with Crippen LogP contribution in [0.2, 0.25) is 0 Å². The summed E-state index contributed by atoms with van der Waals surface area (Å²) in [4.78, 5) is 23.1. The number of amides is 1. The van der Waals surface area contributed by atoms with E-state index in [9.17, 15) is 4.79 Å². The largest absolute Gasteiger partial charge is 0.477 e. The van der Waals surface area contributed by atoms with Crippen molar-refractivity contribution < 1.29 is 14.3 Å². The predicted molar refractivity (Wildman–Crippen MR) is 97.3 cm³/mol. The molecule has 0 aliphatic carbocycles. The maximum Gasteiger partial charge on any atom is 0.278 e. The van der Waals surface area contributed by atoms with Crippen LogP contribution < -0.4 is 9.47 Å². The summed E-state index contributed by atoms with van der Waals surface area (Å²) in [5.41, 5.74) is 1.30. The average Bonchev–Trinajstić information content (AvgIpc) is 3.29. The summed E-state index contributed by atoms with van der Waals surface area (Å²) in [5.74, 6) is 0.611. The fourth-order valence-corrected chi connectivity index (χ4v) is 3.15. The summed E-state index contributed by atoms with van der Waals surface area (Å²) < 4.78 is 12.6. The van der Waals surface area contributed by atoms with Crippen molar-refractivity contribution in [2.75, 3.05) is 20.2 Å². The second-order valence-corrected chi connectivity index (χ2v) is 6.31. The number of methoxy groups -OCH3 is 1. The van der Waals surface area contributed by atoms with Crippen molar-refractivity contribution in [3.05, 3.63) is 48.5 Å². The first-order valence-corrected chi connectivity index (χ1v) is 8.89. The number of benzene rings is 1. The standard InChI is InChI=1S/C18H19N7O3/c1-27-16-17(20-8-7-19-16)28-15-6-3-9-24(11-15)18(26)13-4-2-5-14(10-13)25-12-21-22-23-25/h2,4-5,7-8,10,12,15H,3,6,9,11H2,1H3. The van der Waals surface area contributed by atoms with Crippen LogP contribution >= 0.6 is 0 Å². The normalized spacial score (nSPS) is 16.6. The first kappa shape index (κ1) is 17.8. The van der Waals surface area contributed by atoms with Crippen LogP contribution in [0.3, 0.4) is 0 Å². The van der Waals surface area contributed by atoms with E-state index in [1.54, 1.807) is 29.4 Å². The molecule has 10 nitrogen and oxygen atoms in total. The van der Waals surface area contributed by atoms with E-state index in [-0.39, 0.29) is 12.0 Å². The van der Waals surface area contributed by atoms with Crippen LogP contribution in [0, 0.1) is 0 Å². The van der Waals surface area contributed by atoms with Crippen LogP contribution in [0.15, 0.2) is 43.0 Å². The fraction of sp³-hybridized carbons (Fsp3) is 0.333. The number of nitrogens with zero attached hydrogens (tertiary/aromatic N) is 7. The minimum Gasteiger partial charge on any atom is -0.477 e. The third-order valence-corrected chi connectivity index (χ3v) is 4.48. The highest BCUT2D eigenvalue weighted by molar-refractivity contribution is 5.94. The summed E-state index contributed by atoms with van der Waals surface area (Å²) in [6, 6.07) is 7.21. The highest BCUT2D eigenvalue weighted by Crippen LogP contribution is 2.24. The molecule has 1 aromatic carbocycles. The van der Waals surface area contributed by atoms with Gasteiger partial charge in [0.25, 0.3) is 17.7 Å². The maximum absolute atomic E-state index is 13.0. The molecule has 0 spiro atoms. The quantitative estimate of drug-likeness (QED) is 0.647. The number of ether oxygens (including phenoxy) is 2. The van der Waals surface area contributed by atoms with Gasteiger partial charge in [-0.3, -0.25) is 4.79 Å². The number of carbonyl (C=O) groups is 1. The summed E-state index contributed by atoms with van der Waals surface area (Å²) in [7, 11) is 1.52. The number of tetrazole rings is 1. The maximum atomic E-state index is 13.0. The van der Waals surface area contributed by atoms with Crippen molar-refractivity contribution in [3.8, 4) is 17.4 Å². The van der Waals surface area contributed by atoms with Gasteiger partial charge in [0, 0.05) is 24.5 Å². The molecule has 10 heteroatoms. The Labute approximate surface area is 161 Å². The van der Waals surface area contributed by atoms with Crippen LogP contribution in [0.4, 0.5) is 0 Å². The zero-order valence-electron chi connectivity index (χ0n) is 15.3. The summed E-state index contributed by atoms with van der Waals surface area (Å²) >= 11 is 0. The molecule has 0 bridgehead atoms. The molecule has 1 unspecified atom stereocenters. The molecule has 2 aromatic heterocycles. The monoisotopic (exact) mass is 381 g/mol. The van der Waals surface area contributed by atoms with Gasteiger partial charge in [-0.2, -0.15) is 0 Å². The molecule has 3 heterocycles. The van der Waals surface area contributed by atoms with E-state index in [0.29, 0.717) is 30.4 Å². The Morgan fingerprint density at radius 1 is 1.21 bits per heavy atom. The van der Waals surface area contributed by atoms with E-state index in [2.05, 4.69) is 25.5 Å². The second kappa shape index (κ2) is 7.99. The molecule has 28 heavy (non-hydrogen) atoms. The van der Waals surface area contributed by atoms with Gasteiger partial charge in [0.1, 0.15) is 12.4 Å². The van der Waals surface area contributed by atoms with Gasteiger partial charge in [0.15, 0.2) is 0 Å². The first-order chi connectivity index (χ1) is 13.7. The lowest BCUT2D eigenvalue weighted by Crippen LogP contribution is -2.44. The van der Waals surface area contributed by atoms with Crippen LogP contribution in [0.1, 0.15) is 23.2 Å². The number of hydrogen-bond acceptors (Lipinski definition) is 8. The molecule has 1 aliphatic heterocycles. The third kappa shape index (κ3) is 3.75. The van der Waals surface area contributed by atoms with Crippen molar-refractivity contribution >= 4 is 5.91 Å². The molecule has 1 atom stereocenters. The average molecular weight is 381 g/mol. The Morgan fingerprint density at radius 2 is 2.07 bits per heavy atom. The predicted octanol–water partition coefficient (Wildman–Crippen LogP) is 1.14. The van der Waals surface area contributed by atoms with Crippen molar-refractivity contribution in [3.63, 3.8) is 0 Å². The van der Waals surface area contributed by atoms with Crippen LogP contribution in [-0.4, -0.2) is 67.3 Å². The lowest BCUT2D eigenvalue weighted by atomic mass is 10.1. The molecule has 1 saturated heterocycles. The van der Waals surface area contributed by atoms with Crippen LogP contribution in [0.5, 0.6) is 11.8 Å². The van der Waals surface area contributed by atoms with E-state index in [1.807, 2.05) is 12.1 Å². The zero-order valence-corrected chi connectivity index (χ0v) is 15.3. The summed E-state index contributed by atoms with van der Waals surface area (Å²) in [6.45, 7) is 1.14. The molecule has 0 radical (unpaired) electrons. The second-order valence-electron chi connectivity index (χ2n) is 6.31. The molecular formula is C18H19N7O3. The van der Waals surface area contributed by atoms with E-state index >= 15 is 0 Å². The molecule has 1 aliphatic rings. The third-order valence-electron chi connectivity index (χ3n) is 4.48. The number of rotatable bonds is 5. The molecule has 0 saturated carbocycles. The molecule has 1 amide bonds. The van der Waals surface area contributed by atoms with Gasteiger partial charge in [-0.15, -0.1) is 5.10 Å². The highest BCUT2D eigenvalue weighted by atomic mass is 16.5. The lowest BCUT2D eigenvalue weighted by molar-refractivity contribution is 0.0519. The summed E-state index contributed by atoms with van der Waals surface area (Å²) in [6.07, 6.45) is 6.07. The molecule has 3 aromatic rings. The molecule has 144 valence electrons. The van der Waals surface area contributed by atoms with Crippen LogP contribution in [-0.2, 0) is 0 Å². The molecule has 0 N–H and O–H groups in total. The number of likely N-dealkylation sites (tertiary alicyclic amines) is 1. The fourth-order valence-electron chi connectivity index (χ4n) is 3.15. The zero-order chi connectivity index (χ0) is 19.3. The Kier molecular flexibility index (Phi) is 5.09. The Morgan fingerprint density at radius 3 is 2.86 bits per heavy atom. The van der Waals surface area contributed by atoms with Gasteiger partial charge in [-0.1, -0.05) is 6.07 Å². The van der Waals surface area contributed by atoms with Gasteiger partial charge in [-0.25, -0.2) is 14.6 Å². The van der Waals surface area contributed by atoms with E-state index in [4.69, 9.17) is 9.47 Å². The Bertz CT molecular complexity index is 948. The smallest absolute Gasteiger partial charge is 0.278 e. The number of piperidine rings is 1.